The molecule has 0 saturated heterocycles. The smallest absolute Gasteiger partial charge is 0.335 e. The zero-order chi connectivity index (χ0) is 15.1. The third kappa shape index (κ3) is 4.53. The molecule has 2 N–H and O–H groups in total. The van der Waals surface area contributed by atoms with Crippen molar-refractivity contribution in [2.45, 2.75) is 19.9 Å². The lowest BCUT2D eigenvalue weighted by atomic mass is 10.1. The molecule has 0 fully saturated rings. The maximum atomic E-state index is 10.8. The molecule has 2 aromatic rings. The van der Waals surface area contributed by atoms with Crippen LogP contribution in [0.3, 0.4) is 0 Å². The molecular formula is C17H19NO3. The van der Waals surface area contributed by atoms with Gasteiger partial charge in [-0.05, 0) is 36.2 Å². The van der Waals surface area contributed by atoms with Gasteiger partial charge in [-0.2, -0.15) is 0 Å². The first-order chi connectivity index (χ1) is 10.2. The van der Waals surface area contributed by atoms with Crippen LogP contribution < -0.4 is 10.1 Å². The summed E-state index contributed by atoms with van der Waals surface area (Å²) in [5.74, 6) is -0.0571. The topological polar surface area (TPSA) is 58.6 Å². The molecule has 0 aliphatic rings. The van der Waals surface area contributed by atoms with E-state index < -0.39 is 5.97 Å². The van der Waals surface area contributed by atoms with Crippen LogP contribution in [0.25, 0.3) is 0 Å². The lowest BCUT2D eigenvalue weighted by Crippen LogP contribution is -2.02. The number of anilines is 1. The molecule has 4 heteroatoms. The van der Waals surface area contributed by atoms with Crippen molar-refractivity contribution in [1.82, 2.24) is 0 Å². The fourth-order valence-corrected chi connectivity index (χ4v) is 1.89. The van der Waals surface area contributed by atoms with E-state index in [4.69, 9.17) is 9.84 Å². The normalized spacial score (nSPS) is 10.1. The largest absolute Gasteiger partial charge is 0.494 e. The molecule has 0 unspecified atom stereocenters. The number of hydrogen-bond acceptors (Lipinski definition) is 3. The number of ether oxygens (including phenoxy) is 1. The maximum absolute atomic E-state index is 10.8. The molecule has 0 aliphatic carbocycles. The minimum absolute atomic E-state index is 0.300. The van der Waals surface area contributed by atoms with Gasteiger partial charge in [0.15, 0.2) is 0 Å². The summed E-state index contributed by atoms with van der Waals surface area (Å²) in [4.78, 5) is 10.8. The number of carboxylic acid groups (broad SMARTS) is 1. The highest BCUT2D eigenvalue weighted by Crippen LogP contribution is 2.18. The third-order valence-electron chi connectivity index (χ3n) is 3.00. The Morgan fingerprint density at radius 2 is 1.95 bits per heavy atom. The fourth-order valence-electron chi connectivity index (χ4n) is 1.89. The first-order valence-electron chi connectivity index (χ1n) is 6.98. The SMILES string of the molecule is CCCOc1cccc(NCc2ccc(C(=O)O)cc2)c1. The van der Waals surface area contributed by atoms with Crippen LogP contribution in [0.15, 0.2) is 48.5 Å². The fraction of sp³-hybridized carbons (Fsp3) is 0.235. The zero-order valence-corrected chi connectivity index (χ0v) is 12.0. The van der Waals surface area contributed by atoms with Gasteiger partial charge in [0.2, 0.25) is 0 Å². The molecule has 0 bridgehead atoms. The second-order valence-corrected chi connectivity index (χ2v) is 4.73. The minimum atomic E-state index is -0.907. The number of aromatic carboxylic acids is 1. The van der Waals surface area contributed by atoms with Crippen LogP contribution in [0.4, 0.5) is 5.69 Å². The zero-order valence-electron chi connectivity index (χ0n) is 12.0. The van der Waals surface area contributed by atoms with E-state index in [-0.39, 0.29) is 0 Å². The summed E-state index contributed by atoms with van der Waals surface area (Å²) in [5, 5.41) is 12.2. The summed E-state index contributed by atoms with van der Waals surface area (Å²) in [5.41, 5.74) is 2.31. The van der Waals surface area contributed by atoms with E-state index in [0.717, 1.165) is 23.4 Å². The maximum Gasteiger partial charge on any atom is 0.335 e. The Hall–Kier alpha value is -2.49. The van der Waals surface area contributed by atoms with Crippen molar-refractivity contribution in [3.63, 3.8) is 0 Å². The number of hydrogen-bond donors (Lipinski definition) is 2. The Labute approximate surface area is 124 Å². The van der Waals surface area contributed by atoms with E-state index in [1.54, 1.807) is 12.1 Å². The van der Waals surface area contributed by atoms with Crippen LogP contribution in [-0.4, -0.2) is 17.7 Å². The summed E-state index contributed by atoms with van der Waals surface area (Å²) in [7, 11) is 0. The van der Waals surface area contributed by atoms with Gasteiger partial charge in [-0.15, -0.1) is 0 Å². The van der Waals surface area contributed by atoms with Gasteiger partial charge in [-0.3, -0.25) is 0 Å². The average Bonchev–Trinajstić information content (AvgIpc) is 2.52. The second-order valence-electron chi connectivity index (χ2n) is 4.73. The standard InChI is InChI=1S/C17H19NO3/c1-2-10-21-16-5-3-4-15(11-16)18-12-13-6-8-14(9-7-13)17(19)20/h3-9,11,18H,2,10,12H2,1H3,(H,19,20). The Kier molecular flexibility index (Phi) is 5.21. The summed E-state index contributed by atoms with van der Waals surface area (Å²) in [6, 6.07) is 14.7. The summed E-state index contributed by atoms with van der Waals surface area (Å²) in [6.07, 6.45) is 0.980. The molecule has 0 heterocycles. The Bertz CT molecular complexity index is 593. The van der Waals surface area contributed by atoms with Gasteiger partial charge in [-0.1, -0.05) is 25.1 Å². The average molecular weight is 285 g/mol. The van der Waals surface area contributed by atoms with Crippen LogP contribution in [-0.2, 0) is 6.54 Å². The lowest BCUT2D eigenvalue weighted by Gasteiger charge is -2.09. The molecule has 0 aliphatic heterocycles. The van der Waals surface area contributed by atoms with E-state index in [2.05, 4.69) is 12.2 Å². The molecule has 0 spiro atoms. The monoisotopic (exact) mass is 285 g/mol. The van der Waals surface area contributed by atoms with Gasteiger partial charge in [0, 0.05) is 18.3 Å². The molecule has 0 amide bonds. The quantitative estimate of drug-likeness (QED) is 0.812. The minimum Gasteiger partial charge on any atom is -0.494 e. The number of carbonyl (C=O) groups is 1. The van der Waals surface area contributed by atoms with Crippen LogP contribution in [0, 0.1) is 0 Å². The number of rotatable bonds is 7. The van der Waals surface area contributed by atoms with E-state index >= 15 is 0 Å². The molecule has 2 aromatic carbocycles. The molecule has 4 nitrogen and oxygen atoms in total. The lowest BCUT2D eigenvalue weighted by molar-refractivity contribution is 0.0697. The second kappa shape index (κ2) is 7.33. The van der Waals surface area contributed by atoms with Crippen molar-refractivity contribution in [2.75, 3.05) is 11.9 Å². The van der Waals surface area contributed by atoms with E-state index in [9.17, 15) is 4.79 Å². The Morgan fingerprint density at radius 3 is 2.62 bits per heavy atom. The van der Waals surface area contributed by atoms with Crippen molar-refractivity contribution >= 4 is 11.7 Å². The third-order valence-corrected chi connectivity index (χ3v) is 3.00. The van der Waals surface area contributed by atoms with E-state index in [0.29, 0.717) is 18.7 Å². The highest BCUT2D eigenvalue weighted by atomic mass is 16.5. The molecule has 2 rings (SSSR count). The predicted molar refractivity (Wildman–Crippen MR) is 83.0 cm³/mol. The van der Waals surface area contributed by atoms with E-state index in [1.165, 1.54) is 0 Å². The van der Waals surface area contributed by atoms with Crippen LogP contribution in [0.2, 0.25) is 0 Å². The van der Waals surface area contributed by atoms with Crippen LogP contribution >= 0.6 is 0 Å². The van der Waals surface area contributed by atoms with Gasteiger partial charge in [0.1, 0.15) is 5.75 Å². The number of nitrogens with one attached hydrogen (secondary N) is 1. The number of carboxylic acids is 1. The van der Waals surface area contributed by atoms with Gasteiger partial charge >= 0.3 is 5.97 Å². The van der Waals surface area contributed by atoms with Crippen molar-refractivity contribution in [1.29, 1.82) is 0 Å². The predicted octanol–water partition coefficient (Wildman–Crippen LogP) is 3.79. The van der Waals surface area contributed by atoms with Gasteiger partial charge in [-0.25, -0.2) is 4.79 Å². The van der Waals surface area contributed by atoms with Gasteiger partial charge in [0.25, 0.3) is 0 Å². The molecule has 110 valence electrons. The Morgan fingerprint density at radius 1 is 1.19 bits per heavy atom. The number of benzene rings is 2. The molecular weight excluding hydrogens is 266 g/mol. The molecule has 0 saturated carbocycles. The van der Waals surface area contributed by atoms with Crippen LogP contribution in [0.5, 0.6) is 5.75 Å². The molecule has 0 atom stereocenters. The van der Waals surface area contributed by atoms with Crippen molar-refractivity contribution in [3.05, 3.63) is 59.7 Å². The summed E-state index contributed by atoms with van der Waals surface area (Å²) >= 11 is 0. The van der Waals surface area contributed by atoms with Crippen molar-refractivity contribution in [2.24, 2.45) is 0 Å². The van der Waals surface area contributed by atoms with Gasteiger partial charge < -0.3 is 15.2 Å². The highest BCUT2D eigenvalue weighted by molar-refractivity contribution is 5.87. The van der Waals surface area contributed by atoms with Crippen molar-refractivity contribution in [3.8, 4) is 5.75 Å². The van der Waals surface area contributed by atoms with Gasteiger partial charge in [0.05, 0.1) is 12.2 Å². The first kappa shape index (κ1) is 14.9. The first-order valence-corrected chi connectivity index (χ1v) is 6.98. The van der Waals surface area contributed by atoms with Crippen molar-refractivity contribution < 1.29 is 14.6 Å². The summed E-state index contributed by atoms with van der Waals surface area (Å²) < 4.78 is 5.58. The van der Waals surface area contributed by atoms with Crippen LogP contribution in [0.1, 0.15) is 29.3 Å². The molecule has 0 radical (unpaired) electrons. The summed E-state index contributed by atoms with van der Waals surface area (Å²) in [6.45, 7) is 3.42. The molecule has 0 aromatic heterocycles. The van der Waals surface area contributed by atoms with E-state index in [1.807, 2.05) is 36.4 Å². The molecule has 21 heavy (non-hydrogen) atoms. The highest BCUT2D eigenvalue weighted by Gasteiger charge is 2.02. The Balaban J connectivity index is 1.94.